The molecule has 30 heavy (non-hydrogen) atoms. The first kappa shape index (κ1) is 23.7. The molecule has 5 nitrogen and oxygen atoms in total. The third-order valence-electron chi connectivity index (χ3n) is 5.68. The lowest BCUT2D eigenvalue weighted by atomic mass is 10.1. The number of unbranched alkanes of at least 4 members (excludes halogenated alkanes) is 1. The fourth-order valence-corrected chi connectivity index (χ4v) is 3.63. The number of amides is 2. The topological polar surface area (TPSA) is 45.6 Å². The van der Waals surface area contributed by atoms with Crippen LogP contribution < -0.4 is 0 Å². The van der Waals surface area contributed by atoms with Gasteiger partial charge in [0.05, 0.1) is 13.1 Å². The highest BCUT2D eigenvalue weighted by molar-refractivity contribution is 5.84. The van der Waals surface area contributed by atoms with Crippen molar-refractivity contribution in [2.45, 2.75) is 73.0 Å². The second-order valence-corrected chi connectivity index (χ2v) is 8.19. The molecular formula is C25H37N3O2. The minimum absolute atomic E-state index is 0.0160. The largest absolute Gasteiger partial charge is 0.345 e. The van der Waals surface area contributed by atoms with E-state index in [1.807, 2.05) is 24.8 Å². The van der Waals surface area contributed by atoms with Crippen molar-refractivity contribution in [2.24, 2.45) is 0 Å². The maximum Gasteiger partial charge on any atom is 0.242 e. The van der Waals surface area contributed by atoms with Crippen LogP contribution in [0.25, 0.3) is 0 Å². The van der Waals surface area contributed by atoms with Gasteiger partial charge < -0.3 is 14.4 Å². The monoisotopic (exact) mass is 411 g/mol. The first-order valence-corrected chi connectivity index (χ1v) is 11.1. The van der Waals surface area contributed by atoms with Crippen molar-refractivity contribution in [3.8, 4) is 0 Å². The summed E-state index contributed by atoms with van der Waals surface area (Å²) in [4.78, 5) is 28.8. The second kappa shape index (κ2) is 11.6. The predicted molar refractivity (Wildman–Crippen MR) is 122 cm³/mol. The zero-order valence-electron chi connectivity index (χ0n) is 19.2. The standard InChI is InChI=1S/C25H37N3O2/c1-6-8-14-27(25(30)19-28(22(5)29)21(4)7-2)18-24-13-10-15-26(24)17-23-12-9-11-20(3)16-23/h9-13,15-16,21H,6-8,14,17-19H2,1-5H3/t21-/m1/s1. The van der Waals surface area contributed by atoms with Gasteiger partial charge in [0.1, 0.15) is 0 Å². The Bertz CT molecular complexity index is 827. The van der Waals surface area contributed by atoms with Gasteiger partial charge in [0.25, 0.3) is 0 Å². The summed E-state index contributed by atoms with van der Waals surface area (Å²) in [7, 11) is 0. The Kier molecular flexibility index (Phi) is 9.15. The Hall–Kier alpha value is -2.56. The van der Waals surface area contributed by atoms with Crippen LogP contribution in [-0.4, -0.2) is 45.3 Å². The fourth-order valence-electron chi connectivity index (χ4n) is 3.63. The lowest BCUT2D eigenvalue weighted by Crippen LogP contribution is -2.46. The molecule has 164 valence electrons. The van der Waals surface area contributed by atoms with Crippen LogP contribution in [0.1, 0.15) is 63.8 Å². The number of hydrogen-bond donors (Lipinski definition) is 0. The van der Waals surface area contributed by atoms with Crippen LogP contribution in [0, 0.1) is 6.92 Å². The van der Waals surface area contributed by atoms with Gasteiger partial charge in [-0.2, -0.15) is 0 Å². The summed E-state index contributed by atoms with van der Waals surface area (Å²) >= 11 is 0. The van der Waals surface area contributed by atoms with E-state index in [-0.39, 0.29) is 24.4 Å². The summed E-state index contributed by atoms with van der Waals surface area (Å²) in [5.41, 5.74) is 3.60. The minimum atomic E-state index is -0.0454. The molecule has 0 spiro atoms. The Labute approximate surface area is 181 Å². The molecule has 0 aliphatic carbocycles. The lowest BCUT2D eigenvalue weighted by molar-refractivity contribution is -0.141. The Morgan fingerprint density at radius 1 is 1.13 bits per heavy atom. The summed E-state index contributed by atoms with van der Waals surface area (Å²) in [5, 5.41) is 0. The van der Waals surface area contributed by atoms with Gasteiger partial charge in [0.2, 0.25) is 11.8 Å². The average Bonchev–Trinajstić information content (AvgIpc) is 3.14. The molecule has 1 aromatic heterocycles. The van der Waals surface area contributed by atoms with Gasteiger partial charge >= 0.3 is 0 Å². The molecule has 2 rings (SSSR count). The number of aromatic nitrogens is 1. The van der Waals surface area contributed by atoms with Crippen molar-refractivity contribution in [3.05, 3.63) is 59.4 Å². The Morgan fingerprint density at radius 2 is 1.90 bits per heavy atom. The molecule has 1 aromatic carbocycles. The van der Waals surface area contributed by atoms with Crippen LogP contribution in [-0.2, 0) is 22.7 Å². The van der Waals surface area contributed by atoms with Gasteiger partial charge in [-0.05, 0) is 44.4 Å². The van der Waals surface area contributed by atoms with Crippen molar-refractivity contribution >= 4 is 11.8 Å². The van der Waals surface area contributed by atoms with E-state index >= 15 is 0 Å². The lowest BCUT2D eigenvalue weighted by Gasteiger charge is -2.30. The molecule has 0 saturated heterocycles. The molecule has 2 amide bonds. The van der Waals surface area contributed by atoms with Gasteiger partial charge in [0, 0.05) is 37.9 Å². The summed E-state index contributed by atoms with van der Waals surface area (Å²) in [6.45, 7) is 12.0. The quantitative estimate of drug-likeness (QED) is 0.542. The van der Waals surface area contributed by atoms with Crippen LogP contribution in [0.4, 0.5) is 0 Å². The number of nitrogens with zero attached hydrogens (tertiary/aromatic N) is 3. The van der Waals surface area contributed by atoms with Crippen molar-refractivity contribution in [1.29, 1.82) is 0 Å². The number of carbonyl (C=O) groups excluding carboxylic acids is 2. The molecule has 0 N–H and O–H groups in total. The number of carbonyl (C=O) groups is 2. The summed E-state index contributed by atoms with van der Waals surface area (Å²) < 4.78 is 2.21. The molecule has 5 heteroatoms. The minimum Gasteiger partial charge on any atom is -0.345 e. The van der Waals surface area contributed by atoms with Crippen molar-refractivity contribution in [3.63, 3.8) is 0 Å². The molecule has 0 saturated carbocycles. The molecule has 0 radical (unpaired) electrons. The van der Waals surface area contributed by atoms with E-state index in [1.165, 1.54) is 11.1 Å². The first-order chi connectivity index (χ1) is 14.3. The van der Waals surface area contributed by atoms with Gasteiger partial charge in [0.15, 0.2) is 0 Å². The highest BCUT2D eigenvalue weighted by Crippen LogP contribution is 2.14. The summed E-state index contributed by atoms with van der Waals surface area (Å²) in [6, 6.07) is 12.7. The highest BCUT2D eigenvalue weighted by Gasteiger charge is 2.23. The van der Waals surface area contributed by atoms with Crippen molar-refractivity contribution in [2.75, 3.05) is 13.1 Å². The van der Waals surface area contributed by atoms with E-state index in [4.69, 9.17) is 0 Å². The Morgan fingerprint density at radius 3 is 2.53 bits per heavy atom. The molecule has 0 fully saturated rings. The summed E-state index contributed by atoms with van der Waals surface area (Å²) in [6.07, 6.45) is 4.88. The zero-order chi connectivity index (χ0) is 22.1. The molecule has 1 atom stereocenters. The SMILES string of the molecule is CCCCN(Cc1cccn1Cc1cccc(C)c1)C(=O)CN(C(C)=O)[C@H](C)CC. The van der Waals surface area contributed by atoms with Gasteiger partial charge in [-0.1, -0.05) is 50.1 Å². The number of benzene rings is 1. The van der Waals surface area contributed by atoms with Crippen LogP contribution >= 0.6 is 0 Å². The maximum absolute atomic E-state index is 13.1. The molecule has 0 aliphatic rings. The summed E-state index contributed by atoms with van der Waals surface area (Å²) in [5.74, 6) is -0.0294. The third-order valence-corrected chi connectivity index (χ3v) is 5.68. The fraction of sp³-hybridized carbons (Fsp3) is 0.520. The normalized spacial score (nSPS) is 11.9. The van der Waals surface area contributed by atoms with Crippen molar-refractivity contribution < 1.29 is 9.59 Å². The molecule has 0 aliphatic heterocycles. The van der Waals surface area contributed by atoms with E-state index < -0.39 is 0 Å². The first-order valence-electron chi connectivity index (χ1n) is 11.1. The molecule has 0 bridgehead atoms. The van der Waals surface area contributed by atoms with Gasteiger partial charge in [-0.25, -0.2) is 0 Å². The van der Waals surface area contributed by atoms with E-state index in [9.17, 15) is 9.59 Å². The van der Waals surface area contributed by atoms with Crippen LogP contribution in [0.5, 0.6) is 0 Å². The maximum atomic E-state index is 13.1. The smallest absolute Gasteiger partial charge is 0.242 e. The zero-order valence-corrected chi connectivity index (χ0v) is 19.2. The van der Waals surface area contributed by atoms with E-state index in [2.05, 4.69) is 54.9 Å². The van der Waals surface area contributed by atoms with Crippen LogP contribution in [0.15, 0.2) is 42.6 Å². The number of rotatable bonds is 11. The van der Waals surface area contributed by atoms with Crippen LogP contribution in [0.2, 0.25) is 0 Å². The average molecular weight is 412 g/mol. The van der Waals surface area contributed by atoms with Gasteiger partial charge in [-0.3, -0.25) is 9.59 Å². The predicted octanol–water partition coefficient (Wildman–Crippen LogP) is 4.62. The van der Waals surface area contributed by atoms with E-state index in [0.29, 0.717) is 13.1 Å². The molecular weight excluding hydrogens is 374 g/mol. The van der Waals surface area contributed by atoms with Crippen molar-refractivity contribution in [1.82, 2.24) is 14.4 Å². The van der Waals surface area contributed by atoms with E-state index in [0.717, 1.165) is 31.5 Å². The molecule has 2 aromatic rings. The van der Waals surface area contributed by atoms with Crippen LogP contribution in [0.3, 0.4) is 0 Å². The van der Waals surface area contributed by atoms with Gasteiger partial charge in [-0.15, -0.1) is 0 Å². The second-order valence-electron chi connectivity index (χ2n) is 8.19. The molecule has 1 heterocycles. The Balaban J connectivity index is 2.15. The number of aryl methyl sites for hydroxylation is 1. The third kappa shape index (κ3) is 6.75. The highest BCUT2D eigenvalue weighted by atomic mass is 16.2. The molecule has 0 unspecified atom stereocenters. The van der Waals surface area contributed by atoms with E-state index in [1.54, 1.807) is 11.8 Å². The number of hydrogen-bond acceptors (Lipinski definition) is 2.